The fourth-order valence-corrected chi connectivity index (χ4v) is 3.34. The maximum absolute atomic E-state index is 12.6. The van der Waals surface area contributed by atoms with Gasteiger partial charge in [0.2, 0.25) is 6.79 Å². The molecule has 0 unspecified atom stereocenters. The van der Waals surface area contributed by atoms with E-state index in [0.717, 1.165) is 10.0 Å². The van der Waals surface area contributed by atoms with Gasteiger partial charge in [-0.05, 0) is 64.1 Å². The molecule has 6 nitrogen and oxygen atoms in total. The zero-order chi connectivity index (χ0) is 16.7. The van der Waals surface area contributed by atoms with Crippen molar-refractivity contribution in [3.63, 3.8) is 0 Å². The summed E-state index contributed by atoms with van der Waals surface area (Å²) in [5, 5.41) is 3.29. The molecule has 2 aromatic rings. The van der Waals surface area contributed by atoms with Crippen LogP contribution in [-0.2, 0) is 11.3 Å². The zero-order valence-electron chi connectivity index (χ0n) is 12.2. The van der Waals surface area contributed by atoms with Crippen molar-refractivity contribution in [3.8, 4) is 11.5 Å². The minimum atomic E-state index is -0.204. The smallest absolute Gasteiger partial charge is 0.276 e. The van der Waals surface area contributed by atoms with Crippen LogP contribution in [0.4, 0.5) is 0 Å². The van der Waals surface area contributed by atoms with Crippen LogP contribution in [0, 0.1) is 0 Å². The van der Waals surface area contributed by atoms with Crippen LogP contribution in [0.15, 0.2) is 45.1 Å². The van der Waals surface area contributed by atoms with E-state index in [1.807, 2.05) is 12.1 Å². The van der Waals surface area contributed by atoms with Gasteiger partial charge in [0.15, 0.2) is 16.6 Å². The first-order chi connectivity index (χ1) is 11.6. The van der Waals surface area contributed by atoms with Gasteiger partial charge in [0.1, 0.15) is 11.5 Å². The summed E-state index contributed by atoms with van der Waals surface area (Å²) in [6.07, 6.45) is 3.29. The molecule has 122 valence electrons. The Morgan fingerprint density at radius 1 is 1.38 bits per heavy atom. The first-order valence-corrected chi connectivity index (χ1v) is 8.28. The normalized spacial score (nSPS) is 17.7. The van der Waals surface area contributed by atoms with Gasteiger partial charge in [-0.15, -0.1) is 0 Å². The number of benzene rings is 1. The van der Waals surface area contributed by atoms with E-state index in [9.17, 15) is 4.79 Å². The van der Waals surface area contributed by atoms with Crippen LogP contribution in [0.5, 0.6) is 11.5 Å². The third-order valence-electron chi connectivity index (χ3n) is 3.62. The molecule has 1 amide bonds. The molecule has 0 aliphatic carbocycles. The molecule has 1 aromatic carbocycles. The standard InChI is InChI=1S/C16H11BrN2O4S/c17-11-4-9(6-13-14(11)23-8-22-13)5-12-15(20)19(16(24)18-12)7-10-2-1-3-21-10/h1-6H,7-8H2,(H,18,24). The zero-order valence-corrected chi connectivity index (χ0v) is 14.6. The molecule has 0 radical (unpaired) electrons. The van der Waals surface area contributed by atoms with Crippen molar-refractivity contribution in [3.05, 3.63) is 52.0 Å². The van der Waals surface area contributed by atoms with Crippen LogP contribution in [0.25, 0.3) is 6.08 Å². The maximum Gasteiger partial charge on any atom is 0.276 e. The Balaban J connectivity index is 1.61. The number of nitrogens with zero attached hydrogens (tertiary/aromatic N) is 1. The Bertz CT molecular complexity index is 863. The Morgan fingerprint density at radius 2 is 2.25 bits per heavy atom. The minimum absolute atomic E-state index is 0.187. The van der Waals surface area contributed by atoms with Gasteiger partial charge < -0.3 is 19.2 Å². The third-order valence-corrected chi connectivity index (χ3v) is 4.53. The van der Waals surface area contributed by atoms with Crippen LogP contribution < -0.4 is 14.8 Å². The molecule has 0 atom stereocenters. The molecule has 24 heavy (non-hydrogen) atoms. The van der Waals surface area contributed by atoms with E-state index in [4.69, 9.17) is 26.1 Å². The average Bonchev–Trinajstić information content (AvgIpc) is 3.26. The van der Waals surface area contributed by atoms with Crippen molar-refractivity contribution in [2.75, 3.05) is 6.79 Å². The van der Waals surface area contributed by atoms with Gasteiger partial charge in [-0.2, -0.15) is 0 Å². The fourth-order valence-electron chi connectivity index (χ4n) is 2.51. The van der Waals surface area contributed by atoms with Crippen molar-refractivity contribution in [1.82, 2.24) is 10.2 Å². The maximum atomic E-state index is 12.6. The van der Waals surface area contributed by atoms with E-state index in [-0.39, 0.29) is 12.7 Å². The van der Waals surface area contributed by atoms with Crippen LogP contribution in [0.3, 0.4) is 0 Å². The number of hydrogen-bond donors (Lipinski definition) is 1. The first kappa shape index (κ1) is 15.2. The Labute approximate surface area is 151 Å². The van der Waals surface area contributed by atoms with E-state index < -0.39 is 0 Å². The molecular formula is C16H11BrN2O4S. The van der Waals surface area contributed by atoms with Crippen LogP contribution in [0.1, 0.15) is 11.3 Å². The van der Waals surface area contributed by atoms with Crippen LogP contribution >= 0.6 is 28.1 Å². The number of ether oxygens (including phenoxy) is 2. The van der Waals surface area contributed by atoms with E-state index in [1.165, 1.54) is 4.90 Å². The molecule has 1 aromatic heterocycles. The molecule has 1 saturated heterocycles. The van der Waals surface area contributed by atoms with E-state index in [2.05, 4.69) is 21.2 Å². The lowest BCUT2D eigenvalue weighted by Crippen LogP contribution is -2.29. The number of rotatable bonds is 3. The summed E-state index contributed by atoms with van der Waals surface area (Å²) in [5.41, 5.74) is 1.20. The SMILES string of the molecule is O=C1C(=Cc2cc(Br)c3c(c2)OCO3)NC(=S)N1Cc1ccco1. The highest BCUT2D eigenvalue weighted by Gasteiger charge is 2.31. The van der Waals surface area contributed by atoms with Gasteiger partial charge in [0, 0.05) is 0 Å². The topological polar surface area (TPSA) is 63.9 Å². The summed E-state index contributed by atoms with van der Waals surface area (Å²) in [6.45, 7) is 0.478. The van der Waals surface area contributed by atoms with Gasteiger partial charge in [-0.1, -0.05) is 0 Å². The van der Waals surface area contributed by atoms with E-state index in [0.29, 0.717) is 34.6 Å². The van der Waals surface area contributed by atoms with E-state index in [1.54, 1.807) is 24.5 Å². The van der Waals surface area contributed by atoms with Gasteiger partial charge in [0.05, 0.1) is 17.3 Å². The monoisotopic (exact) mass is 406 g/mol. The molecule has 8 heteroatoms. The molecule has 0 spiro atoms. The van der Waals surface area contributed by atoms with Gasteiger partial charge in [-0.25, -0.2) is 0 Å². The number of furan rings is 1. The highest BCUT2D eigenvalue weighted by Crippen LogP contribution is 2.40. The largest absolute Gasteiger partial charge is 0.467 e. The summed E-state index contributed by atoms with van der Waals surface area (Å²) in [4.78, 5) is 14.0. The molecule has 2 aliphatic rings. The molecular weight excluding hydrogens is 396 g/mol. The second-order valence-corrected chi connectivity index (χ2v) is 6.44. The third kappa shape index (κ3) is 2.67. The van der Waals surface area contributed by atoms with Gasteiger partial charge in [0.25, 0.3) is 5.91 Å². The average molecular weight is 407 g/mol. The number of halogens is 1. The molecule has 2 aliphatic heterocycles. The minimum Gasteiger partial charge on any atom is -0.467 e. The molecule has 1 fully saturated rings. The molecule has 4 rings (SSSR count). The number of fused-ring (bicyclic) bond motifs is 1. The van der Waals surface area contributed by atoms with Crippen molar-refractivity contribution in [2.45, 2.75) is 6.54 Å². The lowest BCUT2D eigenvalue weighted by Gasteiger charge is -2.11. The van der Waals surface area contributed by atoms with Crippen LogP contribution in [0.2, 0.25) is 0 Å². The number of thiocarbonyl (C=S) groups is 1. The lowest BCUT2D eigenvalue weighted by molar-refractivity contribution is -0.122. The Kier molecular flexibility index (Phi) is 3.78. The molecule has 3 heterocycles. The highest BCUT2D eigenvalue weighted by molar-refractivity contribution is 9.10. The quantitative estimate of drug-likeness (QED) is 0.624. The highest BCUT2D eigenvalue weighted by atomic mass is 79.9. The van der Waals surface area contributed by atoms with Crippen molar-refractivity contribution < 1.29 is 18.7 Å². The second kappa shape index (κ2) is 5.95. The Morgan fingerprint density at radius 3 is 3.04 bits per heavy atom. The lowest BCUT2D eigenvalue weighted by atomic mass is 10.1. The van der Waals surface area contributed by atoms with E-state index >= 15 is 0 Å². The van der Waals surface area contributed by atoms with Crippen molar-refractivity contribution >= 4 is 45.2 Å². The number of carbonyl (C=O) groups is 1. The molecule has 0 bridgehead atoms. The fraction of sp³-hybridized carbons (Fsp3) is 0.125. The molecule has 0 saturated carbocycles. The van der Waals surface area contributed by atoms with Gasteiger partial charge in [-0.3, -0.25) is 9.69 Å². The molecule has 1 N–H and O–H groups in total. The summed E-state index contributed by atoms with van der Waals surface area (Å²) in [6, 6.07) is 7.24. The number of amides is 1. The number of carbonyl (C=O) groups excluding carboxylic acids is 1. The first-order valence-electron chi connectivity index (χ1n) is 7.08. The summed E-state index contributed by atoms with van der Waals surface area (Å²) >= 11 is 8.68. The number of hydrogen-bond acceptors (Lipinski definition) is 5. The number of nitrogens with one attached hydrogen (secondary N) is 1. The summed E-state index contributed by atoms with van der Waals surface area (Å²) in [7, 11) is 0. The van der Waals surface area contributed by atoms with Crippen molar-refractivity contribution in [2.24, 2.45) is 0 Å². The summed E-state index contributed by atoms with van der Waals surface area (Å²) < 4.78 is 16.8. The van der Waals surface area contributed by atoms with Gasteiger partial charge >= 0.3 is 0 Å². The Hall–Kier alpha value is -2.32. The van der Waals surface area contributed by atoms with Crippen molar-refractivity contribution in [1.29, 1.82) is 0 Å². The summed E-state index contributed by atoms with van der Waals surface area (Å²) in [5.74, 6) is 1.76. The predicted molar refractivity (Wildman–Crippen MR) is 93.2 cm³/mol. The van der Waals surface area contributed by atoms with Crippen LogP contribution in [-0.4, -0.2) is 22.7 Å². The second-order valence-electron chi connectivity index (χ2n) is 5.20. The predicted octanol–water partition coefficient (Wildman–Crippen LogP) is 3.03.